The molecule has 0 saturated heterocycles. The summed E-state index contributed by atoms with van der Waals surface area (Å²) in [5.74, 6) is 0.484. The standard InChI is InChI=1S/C17H25N5/c1-5-12(2)20-17(18)19-11-15-8-6-7-9-16(15)22-14(4)10-13(3)21-22/h6-10,12H,5,11H2,1-4H3,(H3,18,19,20). The maximum atomic E-state index is 5.94. The summed E-state index contributed by atoms with van der Waals surface area (Å²) in [4.78, 5) is 4.45. The van der Waals surface area contributed by atoms with E-state index in [9.17, 15) is 0 Å². The number of nitrogens with one attached hydrogen (secondary N) is 1. The van der Waals surface area contributed by atoms with Gasteiger partial charge in [0.1, 0.15) is 0 Å². The van der Waals surface area contributed by atoms with E-state index in [0.29, 0.717) is 18.5 Å². The molecule has 0 aliphatic carbocycles. The van der Waals surface area contributed by atoms with E-state index in [-0.39, 0.29) is 0 Å². The number of aliphatic imine (C=N–C) groups is 1. The van der Waals surface area contributed by atoms with Crippen molar-refractivity contribution in [3.05, 3.63) is 47.3 Å². The highest BCUT2D eigenvalue weighted by atomic mass is 15.3. The van der Waals surface area contributed by atoms with Crippen molar-refractivity contribution in [1.82, 2.24) is 15.1 Å². The highest BCUT2D eigenvalue weighted by Gasteiger charge is 2.08. The topological polar surface area (TPSA) is 68.2 Å². The fourth-order valence-electron chi connectivity index (χ4n) is 2.29. The summed E-state index contributed by atoms with van der Waals surface area (Å²) in [7, 11) is 0. The number of hydrogen-bond acceptors (Lipinski definition) is 2. The minimum atomic E-state index is 0.329. The van der Waals surface area contributed by atoms with E-state index >= 15 is 0 Å². The van der Waals surface area contributed by atoms with Gasteiger partial charge in [-0.2, -0.15) is 5.10 Å². The Labute approximate surface area is 132 Å². The molecule has 118 valence electrons. The molecule has 1 aromatic heterocycles. The monoisotopic (exact) mass is 299 g/mol. The highest BCUT2D eigenvalue weighted by Crippen LogP contribution is 2.17. The average Bonchev–Trinajstić information content (AvgIpc) is 2.83. The molecule has 5 nitrogen and oxygen atoms in total. The van der Waals surface area contributed by atoms with E-state index in [1.807, 2.05) is 23.7 Å². The van der Waals surface area contributed by atoms with Crippen LogP contribution in [-0.2, 0) is 6.54 Å². The number of aromatic nitrogens is 2. The summed E-state index contributed by atoms with van der Waals surface area (Å²) in [6.07, 6.45) is 1.01. The molecule has 0 aliphatic rings. The molecule has 1 heterocycles. The maximum absolute atomic E-state index is 5.94. The van der Waals surface area contributed by atoms with Crippen molar-refractivity contribution in [1.29, 1.82) is 0 Å². The molecule has 2 rings (SSSR count). The molecule has 0 amide bonds. The van der Waals surface area contributed by atoms with Gasteiger partial charge in [0.15, 0.2) is 5.96 Å². The van der Waals surface area contributed by atoms with Crippen LogP contribution >= 0.6 is 0 Å². The molecule has 22 heavy (non-hydrogen) atoms. The number of para-hydroxylation sites is 1. The van der Waals surface area contributed by atoms with E-state index in [2.05, 4.69) is 54.4 Å². The summed E-state index contributed by atoms with van der Waals surface area (Å²) in [6.45, 7) is 8.79. The lowest BCUT2D eigenvalue weighted by molar-refractivity contribution is 0.636. The first-order valence-electron chi connectivity index (χ1n) is 7.69. The normalized spacial score (nSPS) is 13.2. The summed E-state index contributed by atoms with van der Waals surface area (Å²) in [5.41, 5.74) is 10.2. The summed E-state index contributed by atoms with van der Waals surface area (Å²) >= 11 is 0. The predicted molar refractivity (Wildman–Crippen MR) is 91.3 cm³/mol. The molecule has 5 heteroatoms. The number of benzene rings is 1. The minimum Gasteiger partial charge on any atom is -0.370 e. The van der Waals surface area contributed by atoms with Crippen LogP contribution < -0.4 is 11.1 Å². The van der Waals surface area contributed by atoms with E-state index in [0.717, 1.165) is 29.1 Å². The minimum absolute atomic E-state index is 0.329. The summed E-state index contributed by atoms with van der Waals surface area (Å²) in [6, 6.07) is 10.5. The molecule has 0 spiro atoms. The Bertz CT molecular complexity index is 657. The van der Waals surface area contributed by atoms with Gasteiger partial charge in [0.05, 0.1) is 17.9 Å². The molecule has 3 N–H and O–H groups in total. The lowest BCUT2D eigenvalue weighted by Crippen LogP contribution is -2.38. The van der Waals surface area contributed by atoms with Crippen LogP contribution in [0, 0.1) is 13.8 Å². The molecule has 2 aromatic rings. The van der Waals surface area contributed by atoms with Crippen molar-refractivity contribution < 1.29 is 0 Å². The lowest BCUT2D eigenvalue weighted by atomic mass is 10.2. The molecule has 1 atom stereocenters. The molecule has 1 aromatic carbocycles. The van der Waals surface area contributed by atoms with Gasteiger partial charge in [-0.3, -0.25) is 0 Å². The van der Waals surface area contributed by atoms with E-state index in [4.69, 9.17) is 5.73 Å². The first kappa shape index (κ1) is 16.1. The Morgan fingerprint density at radius 2 is 2.09 bits per heavy atom. The van der Waals surface area contributed by atoms with Crippen molar-refractivity contribution in [2.24, 2.45) is 10.7 Å². The quantitative estimate of drug-likeness (QED) is 0.659. The first-order chi connectivity index (χ1) is 10.5. The molecule has 0 saturated carbocycles. The van der Waals surface area contributed by atoms with Gasteiger partial charge < -0.3 is 11.1 Å². The molecule has 0 aliphatic heterocycles. The van der Waals surface area contributed by atoms with Gasteiger partial charge in [-0.15, -0.1) is 0 Å². The zero-order valence-electron chi connectivity index (χ0n) is 13.8. The van der Waals surface area contributed by atoms with E-state index in [1.54, 1.807) is 0 Å². The summed E-state index contributed by atoms with van der Waals surface area (Å²) < 4.78 is 1.96. The van der Waals surface area contributed by atoms with Gasteiger partial charge in [-0.05, 0) is 44.9 Å². The van der Waals surface area contributed by atoms with Gasteiger partial charge in [0.25, 0.3) is 0 Å². The number of rotatable bonds is 5. The van der Waals surface area contributed by atoms with Crippen LogP contribution in [0.1, 0.15) is 37.2 Å². The molecule has 0 bridgehead atoms. The second-order valence-electron chi connectivity index (χ2n) is 5.62. The predicted octanol–water partition coefficient (Wildman–Crippen LogP) is 2.69. The SMILES string of the molecule is CCC(C)NC(N)=NCc1ccccc1-n1nc(C)cc1C. The van der Waals surface area contributed by atoms with Crippen LogP contribution in [0.4, 0.5) is 0 Å². The molecule has 1 unspecified atom stereocenters. The van der Waals surface area contributed by atoms with Gasteiger partial charge in [0.2, 0.25) is 0 Å². The number of guanidine groups is 1. The molecule has 0 radical (unpaired) electrons. The lowest BCUT2D eigenvalue weighted by Gasteiger charge is -2.13. The number of nitrogens with two attached hydrogens (primary N) is 1. The summed E-state index contributed by atoms with van der Waals surface area (Å²) in [5, 5.41) is 7.73. The van der Waals surface area contributed by atoms with Crippen molar-refractivity contribution in [3.63, 3.8) is 0 Å². The van der Waals surface area contributed by atoms with Gasteiger partial charge in [0, 0.05) is 11.7 Å². The third kappa shape index (κ3) is 3.87. The Hall–Kier alpha value is -2.30. The van der Waals surface area contributed by atoms with Crippen LogP contribution in [0.3, 0.4) is 0 Å². The Morgan fingerprint density at radius 3 is 2.73 bits per heavy atom. The second kappa shape index (κ2) is 7.11. The van der Waals surface area contributed by atoms with Crippen LogP contribution in [-0.4, -0.2) is 21.8 Å². The Kier molecular flexibility index (Phi) is 5.20. The van der Waals surface area contributed by atoms with Gasteiger partial charge in [-0.25, -0.2) is 9.67 Å². The van der Waals surface area contributed by atoms with Crippen molar-refractivity contribution in [2.45, 2.75) is 46.7 Å². The van der Waals surface area contributed by atoms with Crippen molar-refractivity contribution >= 4 is 5.96 Å². The smallest absolute Gasteiger partial charge is 0.189 e. The molecule has 0 fully saturated rings. The van der Waals surface area contributed by atoms with Crippen molar-refractivity contribution in [2.75, 3.05) is 0 Å². The third-order valence-electron chi connectivity index (χ3n) is 3.66. The number of hydrogen-bond donors (Lipinski definition) is 2. The fourth-order valence-corrected chi connectivity index (χ4v) is 2.29. The van der Waals surface area contributed by atoms with Crippen LogP contribution in [0.25, 0.3) is 5.69 Å². The number of aryl methyl sites for hydroxylation is 2. The van der Waals surface area contributed by atoms with Gasteiger partial charge in [-0.1, -0.05) is 25.1 Å². The van der Waals surface area contributed by atoms with Crippen molar-refractivity contribution in [3.8, 4) is 5.69 Å². The van der Waals surface area contributed by atoms with E-state index in [1.165, 1.54) is 0 Å². The van der Waals surface area contributed by atoms with Crippen LogP contribution in [0.5, 0.6) is 0 Å². The zero-order chi connectivity index (χ0) is 16.1. The molecular weight excluding hydrogens is 274 g/mol. The first-order valence-corrected chi connectivity index (χ1v) is 7.69. The van der Waals surface area contributed by atoms with Crippen LogP contribution in [0.2, 0.25) is 0 Å². The van der Waals surface area contributed by atoms with E-state index < -0.39 is 0 Å². The zero-order valence-corrected chi connectivity index (χ0v) is 13.8. The Morgan fingerprint density at radius 1 is 1.36 bits per heavy atom. The highest BCUT2D eigenvalue weighted by molar-refractivity contribution is 5.78. The largest absolute Gasteiger partial charge is 0.370 e. The van der Waals surface area contributed by atoms with Crippen LogP contribution in [0.15, 0.2) is 35.3 Å². The Balaban J connectivity index is 2.22. The van der Waals surface area contributed by atoms with Gasteiger partial charge >= 0.3 is 0 Å². The number of nitrogens with zero attached hydrogens (tertiary/aromatic N) is 3. The molecular formula is C17H25N5. The second-order valence-corrected chi connectivity index (χ2v) is 5.62. The maximum Gasteiger partial charge on any atom is 0.189 e. The fraction of sp³-hybridized carbons (Fsp3) is 0.412. The average molecular weight is 299 g/mol. The third-order valence-corrected chi connectivity index (χ3v) is 3.66.